The predicted octanol–water partition coefficient (Wildman–Crippen LogP) is 2.14. The van der Waals surface area contributed by atoms with Gasteiger partial charge in [0.25, 0.3) is 0 Å². The Kier molecular flexibility index (Phi) is 3.62. The van der Waals surface area contributed by atoms with Crippen molar-refractivity contribution in [3.8, 4) is 0 Å². The quantitative estimate of drug-likeness (QED) is 0.925. The van der Waals surface area contributed by atoms with Crippen LogP contribution in [0.2, 0.25) is 0 Å². The van der Waals surface area contributed by atoms with E-state index < -0.39 is 0 Å². The molecule has 1 aliphatic heterocycles. The van der Waals surface area contributed by atoms with E-state index >= 15 is 0 Å². The van der Waals surface area contributed by atoms with Crippen molar-refractivity contribution in [2.75, 3.05) is 13.2 Å². The fraction of sp³-hybridized carbons (Fsp3) is 0.583. The van der Waals surface area contributed by atoms with Crippen molar-refractivity contribution in [2.45, 2.75) is 25.9 Å². The Morgan fingerprint density at radius 3 is 2.94 bits per heavy atom. The van der Waals surface area contributed by atoms with Crippen molar-refractivity contribution in [1.82, 2.24) is 4.98 Å². The molecule has 1 saturated heterocycles. The molecule has 0 saturated carbocycles. The number of pyridine rings is 1. The van der Waals surface area contributed by atoms with E-state index in [0.717, 1.165) is 29.6 Å². The normalized spacial score (nSPS) is 29.6. The Balaban J connectivity index is 2.15. The van der Waals surface area contributed by atoms with Crippen molar-refractivity contribution in [1.29, 1.82) is 0 Å². The van der Waals surface area contributed by atoms with Gasteiger partial charge in [-0.15, -0.1) is 0 Å². The van der Waals surface area contributed by atoms with Crippen LogP contribution in [0.15, 0.2) is 22.8 Å². The fourth-order valence-corrected chi connectivity index (χ4v) is 2.50. The lowest BCUT2D eigenvalue weighted by atomic mass is 9.77. The Morgan fingerprint density at radius 1 is 1.62 bits per heavy atom. The summed E-state index contributed by atoms with van der Waals surface area (Å²) in [5.74, 6) is 0. The van der Waals surface area contributed by atoms with Gasteiger partial charge in [0.15, 0.2) is 0 Å². The summed E-state index contributed by atoms with van der Waals surface area (Å²) in [5.41, 5.74) is 7.08. The monoisotopic (exact) mass is 284 g/mol. The number of rotatable bonds is 3. The first-order chi connectivity index (χ1) is 7.66. The van der Waals surface area contributed by atoms with Crippen LogP contribution in [0.25, 0.3) is 0 Å². The second-order valence-corrected chi connectivity index (χ2v) is 5.39. The highest BCUT2D eigenvalue weighted by atomic mass is 79.9. The molecular weight excluding hydrogens is 268 g/mol. The lowest BCUT2D eigenvalue weighted by molar-refractivity contribution is 0.0669. The number of aromatic nitrogens is 1. The Hall–Kier alpha value is -0.450. The molecule has 2 unspecified atom stereocenters. The van der Waals surface area contributed by atoms with Gasteiger partial charge in [0.05, 0.1) is 6.10 Å². The Bertz CT molecular complexity index is 355. The fourth-order valence-electron chi connectivity index (χ4n) is 2.26. The number of hydrogen-bond donors (Lipinski definition) is 1. The van der Waals surface area contributed by atoms with Crippen molar-refractivity contribution in [2.24, 2.45) is 11.1 Å². The van der Waals surface area contributed by atoms with E-state index in [1.54, 1.807) is 0 Å². The minimum Gasteiger partial charge on any atom is -0.378 e. The first kappa shape index (κ1) is 12.0. The molecule has 0 spiro atoms. The van der Waals surface area contributed by atoms with Gasteiger partial charge in [0.2, 0.25) is 0 Å². The van der Waals surface area contributed by atoms with E-state index in [2.05, 4.69) is 27.8 Å². The molecule has 88 valence electrons. The minimum atomic E-state index is 0.0703. The van der Waals surface area contributed by atoms with Crippen LogP contribution in [0.5, 0.6) is 0 Å². The van der Waals surface area contributed by atoms with E-state index in [1.807, 2.05) is 18.3 Å². The summed E-state index contributed by atoms with van der Waals surface area (Å²) in [4.78, 5) is 4.41. The second kappa shape index (κ2) is 4.82. The zero-order chi connectivity index (χ0) is 11.6. The van der Waals surface area contributed by atoms with Gasteiger partial charge in [-0.2, -0.15) is 0 Å². The molecule has 16 heavy (non-hydrogen) atoms. The molecule has 1 fully saturated rings. The molecule has 0 amide bonds. The highest BCUT2D eigenvalue weighted by molar-refractivity contribution is 9.10. The smallest absolute Gasteiger partial charge is 0.0619 e. The number of hydrogen-bond acceptors (Lipinski definition) is 3. The number of ether oxygens (including phenoxy) is 1. The average molecular weight is 285 g/mol. The zero-order valence-corrected chi connectivity index (χ0v) is 11.0. The third-order valence-corrected chi connectivity index (χ3v) is 4.03. The molecule has 1 aromatic heterocycles. The molecule has 3 nitrogen and oxygen atoms in total. The summed E-state index contributed by atoms with van der Waals surface area (Å²) in [7, 11) is 0. The first-order valence-corrected chi connectivity index (χ1v) is 6.38. The summed E-state index contributed by atoms with van der Waals surface area (Å²) < 4.78 is 6.65. The van der Waals surface area contributed by atoms with Crippen LogP contribution in [0.4, 0.5) is 0 Å². The Morgan fingerprint density at radius 2 is 2.44 bits per heavy atom. The topological polar surface area (TPSA) is 48.1 Å². The predicted molar refractivity (Wildman–Crippen MR) is 67.2 cm³/mol. The minimum absolute atomic E-state index is 0.0703. The standard InChI is InChI=1S/C12H17BrN2O/c1-9-12(8-14,4-5-16-9)6-11-3-2-10(13)7-15-11/h2-3,7,9H,4-6,8,14H2,1H3. The van der Waals surface area contributed by atoms with E-state index in [1.165, 1.54) is 0 Å². The van der Waals surface area contributed by atoms with Crippen LogP contribution in [0.3, 0.4) is 0 Å². The first-order valence-electron chi connectivity index (χ1n) is 5.58. The second-order valence-electron chi connectivity index (χ2n) is 4.47. The van der Waals surface area contributed by atoms with Gasteiger partial charge in [0.1, 0.15) is 0 Å². The van der Waals surface area contributed by atoms with E-state index in [4.69, 9.17) is 10.5 Å². The van der Waals surface area contributed by atoms with Crippen LogP contribution >= 0.6 is 15.9 Å². The van der Waals surface area contributed by atoms with Gasteiger partial charge in [-0.3, -0.25) is 4.98 Å². The van der Waals surface area contributed by atoms with Crippen molar-refractivity contribution in [3.05, 3.63) is 28.5 Å². The molecule has 2 heterocycles. The molecule has 1 aromatic rings. The third-order valence-electron chi connectivity index (χ3n) is 3.56. The highest BCUT2D eigenvalue weighted by Crippen LogP contribution is 2.36. The molecule has 0 radical (unpaired) electrons. The number of nitrogens with zero attached hydrogens (tertiary/aromatic N) is 1. The van der Waals surface area contributed by atoms with Crippen molar-refractivity contribution < 1.29 is 4.74 Å². The lowest BCUT2D eigenvalue weighted by Gasteiger charge is -2.30. The van der Waals surface area contributed by atoms with Crippen LogP contribution in [-0.4, -0.2) is 24.2 Å². The summed E-state index contributed by atoms with van der Waals surface area (Å²) in [5, 5.41) is 0. The van der Waals surface area contributed by atoms with Gasteiger partial charge in [-0.25, -0.2) is 0 Å². The van der Waals surface area contributed by atoms with Crippen LogP contribution < -0.4 is 5.73 Å². The molecule has 0 bridgehead atoms. The van der Waals surface area contributed by atoms with Crippen LogP contribution in [-0.2, 0) is 11.2 Å². The van der Waals surface area contributed by atoms with Crippen molar-refractivity contribution >= 4 is 15.9 Å². The molecule has 0 aliphatic carbocycles. The van der Waals surface area contributed by atoms with Gasteiger partial charge in [-0.1, -0.05) is 0 Å². The van der Waals surface area contributed by atoms with Crippen LogP contribution in [0, 0.1) is 5.41 Å². The molecule has 4 heteroatoms. The molecule has 0 aromatic carbocycles. The van der Waals surface area contributed by atoms with Gasteiger partial charge in [0, 0.05) is 34.9 Å². The molecule has 2 atom stereocenters. The lowest BCUT2D eigenvalue weighted by Crippen LogP contribution is -2.38. The third kappa shape index (κ3) is 2.29. The van der Waals surface area contributed by atoms with E-state index in [0.29, 0.717) is 6.54 Å². The van der Waals surface area contributed by atoms with Gasteiger partial charge >= 0.3 is 0 Å². The van der Waals surface area contributed by atoms with Crippen molar-refractivity contribution in [3.63, 3.8) is 0 Å². The maximum absolute atomic E-state index is 5.92. The van der Waals surface area contributed by atoms with Gasteiger partial charge < -0.3 is 10.5 Å². The molecular formula is C12H17BrN2O. The summed E-state index contributed by atoms with van der Waals surface area (Å²) >= 11 is 3.39. The summed E-state index contributed by atoms with van der Waals surface area (Å²) in [6.07, 6.45) is 3.99. The van der Waals surface area contributed by atoms with E-state index in [-0.39, 0.29) is 11.5 Å². The summed E-state index contributed by atoms with van der Waals surface area (Å²) in [6, 6.07) is 4.07. The number of nitrogens with two attached hydrogens (primary N) is 1. The van der Waals surface area contributed by atoms with E-state index in [9.17, 15) is 0 Å². The number of halogens is 1. The Labute approximate surface area is 105 Å². The maximum Gasteiger partial charge on any atom is 0.0619 e. The maximum atomic E-state index is 5.92. The van der Waals surface area contributed by atoms with Gasteiger partial charge in [-0.05, 0) is 47.8 Å². The zero-order valence-electron chi connectivity index (χ0n) is 9.45. The van der Waals surface area contributed by atoms with Crippen LogP contribution in [0.1, 0.15) is 19.0 Å². The SMILES string of the molecule is CC1OCCC1(CN)Cc1ccc(Br)cn1. The molecule has 2 N–H and O–H groups in total. The average Bonchev–Trinajstić information content (AvgIpc) is 2.64. The molecule has 2 rings (SSSR count). The highest BCUT2D eigenvalue weighted by Gasteiger charge is 2.40. The largest absolute Gasteiger partial charge is 0.378 e. The summed E-state index contributed by atoms with van der Waals surface area (Å²) in [6.45, 7) is 3.58. The molecule has 1 aliphatic rings.